The van der Waals surface area contributed by atoms with Gasteiger partial charge >= 0.3 is 0 Å². The fraction of sp³-hybridized carbons (Fsp3) is 0.200. The molecule has 1 atom stereocenters. The normalized spacial score (nSPS) is 17.2. The molecule has 3 aromatic rings. The number of hydrogen-bond acceptors (Lipinski definition) is 3. The molecule has 1 unspecified atom stereocenters. The summed E-state index contributed by atoms with van der Waals surface area (Å²) in [6, 6.07) is 23.8. The van der Waals surface area contributed by atoms with Gasteiger partial charge in [-0.2, -0.15) is 4.31 Å². The van der Waals surface area contributed by atoms with Crippen LogP contribution in [0.3, 0.4) is 0 Å². The molecule has 1 aliphatic rings. The van der Waals surface area contributed by atoms with Gasteiger partial charge in [0.1, 0.15) is 5.75 Å². The van der Waals surface area contributed by atoms with E-state index in [0.29, 0.717) is 5.75 Å². The topological polar surface area (TPSA) is 46.6 Å². The maximum Gasteiger partial charge on any atom is 0.244 e. The van der Waals surface area contributed by atoms with Gasteiger partial charge in [-0.1, -0.05) is 60.2 Å². The fourth-order valence-corrected chi connectivity index (χ4v) is 5.89. The van der Waals surface area contributed by atoms with E-state index in [1.807, 2.05) is 73.7 Å². The van der Waals surface area contributed by atoms with Crippen LogP contribution in [0.5, 0.6) is 5.75 Å². The van der Waals surface area contributed by atoms with Gasteiger partial charge in [0.05, 0.1) is 18.0 Å². The summed E-state index contributed by atoms with van der Waals surface area (Å²) in [5.74, 6) is 0.902. The second-order valence-corrected chi connectivity index (χ2v) is 9.70. The number of alkyl halides is 1. The number of aryl methyl sites for hydroxylation is 1. The molecule has 0 N–H and O–H groups in total. The zero-order valence-electron chi connectivity index (χ0n) is 17.5. The van der Waals surface area contributed by atoms with E-state index in [9.17, 15) is 8.42 Å². The lowest BCUT2D eigenvalue weighted by molar-refractivity contribution is 0.400. The monoisotopic (exact) mass is 453 g/mol. The molecule has 160 valence electrons. The predicted octanol–water partition coefficient (Wildman–Crippen LogP) is 5.44. The average molecular weight is 454 g/mol. The number of hydrogen-bond donors (Lipinski definition) is 0. The quantitative estimate of drug-likeness (QED) is 0.467. The van der Waals surface area contributed by atoms with Gasteiger partial charge in [-0.3, -0.25) is 0 Å². The molecule has 1 heterocycles. The van der Waals surface area contributed by atoms with Crippen molar-refractivity contribution in [2.45, 2.75) is 17.9 Å². The third kappa shape index (κ3) is 4.13. The third-order valence-electron chi connectivity index (χ3n) is 5.62. The minimum absolute atomic E-state index is 0.228. The predicted molar refractivity (Wildman–Crippen MR) is 125 cm³/mol. The first-order valence-corrected chi connectivity index (χ1v) is 12.0. The lowest BCUT2D eigenvalue weighted by Gasteiger charge is -2.27. The number of methoxy groups -OCH3 is 1. The van der Waals surface area contributed by atoms with E-state index in [1.54, 1.807) is 23.5 Å². The molecule has 0 amide bonds. The van der Waals surface area contributed by atoms with E-state index >= 15 is 0 Å². The number of benzene rings is 3. The van der Waals surface area contributed by atoms with Crippen LogP contribution in [-0.2, 0) is 10.0 Å². The van der Waals surface area contributed by atoms with Crippen LogP contribution >= 0.6 is 11.6 Å². The summed E-state index contributed by atoms with van der Waals surface area (Å²) in [6.45, 7) is 2.19. The van der Waals surface area contributed by atoms with Gasteiger partial charge < -0.3 is 4.74 Å². The first kappa shape index (κ1) is 21.6. The Kier molecular flexibility index (Phi) is 6.19. The lowest BCUT2D eigenvalue weighted by Crippen LogP contribution is -2.32. The first-order chi connectivity index (χ1) is 15.0. The van der Waals surface area contributed by atoms with Gasteiger partial charge in [0, 0.05) is 12.4 Å². The minimum atomic E-state index is -3.76. The zero-order valence-corrected chi connectivity index (χ0v) is 19.0. The molecule has 4 rings (SSSR count). The molecule has 0 aromatic heterocycles. The highest BCUT2D eigenvalue weighted by atomic mass is 35.5. The van der Waals surface area contributed by atoms with Crippen LogP contribution in [0.25, 0.3) is 5.57 Å². The van der Waals surface area contributed by atoms with Crippen molar-refractivity contribution in [3.05, 3.63) is 101 Å². The number of nitrogens with zero attached hydrogens (tertiary/aromatic N) is 1. The highest BCUT2D eigenvalue weighted by Gasteiger charge is 2.41. The maximum atomic E-state index is 13.7. The number of halogens is 1. The molecule has 0 radical (unpaired) electrons. The van der Waals surface area contributed by atoms with Gasteiger partial charge in [-0.25, -0.2) is 8.42 Å². The molecule has 0 saturated heterocycles. The summed E-state index contributed by atoms with van der Waals surface area (Å²) in [4.78, 5) is 0.272. The molecular weight excluding hydrogens is 430 g/mol. The van der Waals surface area contributed by atoms with Crippen LogP contribution < -0.4 is 4.74 Å². The number of sulfonamides is 1. The van der Waals surface area contributed by atoms with Crippen molar-refractivity contribution >= 4 is 27.2 Å². The summed E-state index contributed by atoms with van der Waals surface area (Å²) in [6.07, 6.45) is 0. The summed E-state index contributed by atoms with van der Waals surface area (Å²) in [5, 5.41) is 0. The molecule has 6 heteroatoms. The van der Waals surface area contributed by atoms with Gasteiger partial charge in [-0.15, -0.1) is 11.6 Å². The second kappa shape index (κ2) is 8.87. The maximum absolute atomic E-state index is 13.7. The van der Waals surface area contributed by atoms with E-state index in [2.05, 4.69) is 0 Å². The SMILES string of the molecule is COc1cccc(C2C(CCl)=C(c3ccccc3)CN2S(=O)(=O)c2ccc(C)cc2)c1. The standard InChI is InChI=1S/C25H24ClNO3S/c1-18-11-13-22(14-12-18)31(28,29)27-17-24(19-7-4-3-5-8-19)23(16-26)25(27)20-9-6-10-21(15-20)30-2/h3-15,25H,16-17H2,1-2H3. The highest BCUT2D eigenvalue weighted by molar-refractivity contribution is 7.89. The Bertz CT molecular complexity index is 1210. The van der Waals surface area contributed by atoms with E-state index < -0.39 is 16.1 Å². The smallest absolute Gasteiger partial charge is 0.244 e. The van der Waals surface area contributed by atoms with Crippen LogP contribution in [-0.4, -0.2) is 32.3 Å². The van der Waals surface area contributed by atoms with Crippen molar-refractivity contribution < 1.29 is 13.2 Å². The Labute approximate surface area is 188 Å². The van der Waals surface area contributed by atoms with Gasteiger partial charge in [0.15, 0.2) is 0 Å². The Balaban J connectivity index is 1.88. The van der Waals surface area contributed by atoms with E-state index in [4.69, 9.17) is 16.3 Å². The summed E-state index contributed by atoms with van der Waals surface area (Å²) < 4.78 is 34.4. The molecule has 0 bridgehead atoms. The average Bonchev–Trinajstić information content (AvgIpc) is 3.20. The van der Waals surface area contributed by atoms with Crippen molar-refractivity contribution in [1.29, 1.82) is 0 Å². The second-order valence-electron chi connectivity index (χ2n) is 7.55. The van der Waals surface area contributed by atoms with Crippen LogP contribution in [0.1, 0.15) is 22.7 Å². The Morgan fingerprint density at radius 1 is 1.00 bits per heavy atom. The Morgan fingerprint density at radius 2 is 1.71 bits per heavy atom. The molecular formula is C25H24ClNO3S. The van der Waals surface area contributed by atoms with Gasteiger partial charge in [0.25, 0.3) is 0 Å². The van der Waals surface area contributed by atoms with Crippen molar-refractivity contribution in [2.24, 2.45) is 0 Å². The molecule has 3 aromatic carbocycles. The molecule has 31 heavy (non-hydrogen) atoms. The van der Waals surface area contributed by atoms with Crippen LogP contribution in [0.4, 0.5) is 0 Å². The largest absolute Gasteiger partial charge is 0.497 e. The van der Waals surface area contributed by atoms with Crippen molar-refractivity contribution in [2.75, 3.05) is 19.5 Å². The van der Waals surface area contributed by atoms with E-state index in [0.717, 1.165) is 27.8 Å². The summed E-state index contributed by atoms with van der Waals surface area (Å²) in [7, 11) is -2.16. The van der Waals surface area contributed by atoms with Gasteiger partial charge in [-0.05, 0) is 53.5 Å². The highest BCUT2D eigenvalue weighted by Crippen LogP contribution is 2.45. The summed E-state index contributed by atoms with van der Waals surface area (Å²) >= 11 is 6.44. The first-order valence-electron chi connectivity index (χ1n) is 10.0. The van der Waals surface area contributed by atoms with Gasteiger partial charge in [0.2, 0.25) is 10.0 Å². The van der Waals surface area contributed by atoms with E-state index in [-0.39, 0.29) is 17.3 Å². The Morgan fingerprint density at radius 3 is 2.35 bits per heavy atom. The van der Waals surface area contributed by atoms with Crippen LogP contribution in [0.15, 0.2) is 89.3 Å². The molecule has 0 spiro atoms. The van der Waals surface area contributed by atoms with Crippen molar-refractivity contribution in [3.63, 3.8) is 0 Å². The van der Waals surface area contributed by atoms with Crippen LogP contribution in [0.2, 0.25) is 0 Å². The minimum Gasteiger partial charge on any atom is -0.497 e. The number of rotatable bonds is 6. The third-order valence-corrected chi connectivity index (χ3v) is 7.74. The fourth-order valence-electron chi connectivity index (χ4n) is 4.01. The molecule has 0 saturated carbocycles. The van der Waals surface area contributed by atoms with E-state index in [1.165, 1.54) is 0 Å². The number of ether oxygens (including phenoxy) is 1. The molecule has 0 aliphatic carbocycles. The zero-order chi connectivity index (χ0) is 22.0. The van der Waals surface area contributed by atoms with Crippen LogP contribution in [0, 0.1) is 6.92 Å². The lowest BCUT2D eigenvalue weighted by atomic mass is 9.96. The van der Waals surface area contributed by atoms with Crippen molar-refractivity contribution in [1.82, 2.24) is 4.31 Å². The molecule has 0 fully saturated rings. The summed E-state index contributed by atoms with van der Waals surface area (Å²) in [5.41, 5.74) is 4.65. The molecule has 4 nitrogen and oxygen atoms in total. The van der Waals surface area contributed by atoms with Crippen molar-refractivity contribution in [3.8, 4) is 5.75 Å². The Hall–Kier alpha value is -2.60. The molecule has 1 aliphatic heterocycles.